The maximum Gasteiger partial charge on any atom is 0.263 e. The first-order valence-corrected chi connectivity index (χ1v) is 12.0. The van der Waals surface area contributed by atoms with Gasteiger partial charge in [-0.3, -0.25) is 9.52 Å². The molecular weight excluding hydrogens is 464 g/mol. The molecule has 0 aliphatic rings. The number of nitrogens with one attached hydrogen (secondary N) is 1. The fraction of sp³-hybridized carbons (Fsp3) is 0.208. The first kappa shape index (κ1) is 24.4. The SMILES string of the molecule is COc1ccc(NS(=O)(=O)c2cc(C(=O)N(C)CCOc3cccc(C)c3)ccc2Cl)cc1. The number of benzene rings is 3. The number of hydrogen-bond acceptors (Lipinski definition) is 5. The molecule has 0 aliphatic carbocycles. The van der Waals surface area contributed by atoms with Gasteiger partial charge in [0.25, 0.3) is 15.9 Å². The Kier molecular flexibility index (Phi) is 7.84. The van der Waals surface area contributed by atoms with Crippen LogP contribution in [-0.2, 0) is 10.0 Å². The molecule has 33 heavy (non-hydrogen) atoms. The molecule has 0 saturated carbocycles. The highest BCUT2D eigenvalue weighted by atomic mass is 35.5. The van der Waals surface area contributed by atoms with Crippen molar-refractivity contribution in [2.45, 2.75) is 11.8 Å². The van der Waals surface area contributed by atoms with Crippen molar-refractivity contribution in [2.75, 3.05) is 32.0 Å². The summed E-state index contributed by atoms with van der Waals surface area (Å²) in [5.74, 6) is 0.971. The van der Waals surface area contributed by atoms with E-state index in [4.69, 9.17) is 21.1 Å². The molecule has 1 N–H and O–H groups in total. The van der Waals surface area contributed by atoms with Crippen molar-refractivity contribution in [1.82, 2.24) is 4.90 Å². The Morgan fingerprint density at radius 1 is 1.03 bits per heavy atom. The van der Waals surface area contributed by atoms with Crippen LogP contribution in [0.1, 0.15) is 15.9 Å². The molecule has 0 aliphatic heterocycles. The zero-order valence-corrected chi connectivity index (χ0v) is 20.1. The van der Waals surface area contributed by atoms with Gasteiger partial charge in [-0.1, -0.05) is 23.7 Å². The second-order valence-electron chi connectivity index (χ2n) is 7.37. The summed E-state index contributed by atoms with van der Waals surface area (Å²) in [6, 6.07) is 18.2. The summed E-state index contributed by atoms with van der Waals surface area (Å²) < 4.78 is 39.0. The molecule has 7 nitrogen and oxygen atoms in total. The number of ether oxygens (including phenoxy) is 2. The number of aryl methyl sites for hydroxylation is 1. The topological polar surface area (TPSA) is 84.9 Å². The second-order valence-corrected chi connectivity index (χ2v) is 9.43. The van der Waals surface area contributed by atoms with Crippen LogP contribution in [0.4, 0.5) is 5.69 Å². The molecule has 0 spiro atoms. The van der Waals surface area contributed by atoms with E-state index in [9.17, 15) is 13.2 Å². The highest BCUT2D eigenvalue weighted by molar-refractivity contribution is 7.92. The quantitative estimate of drug-likeness (QED) is 0.475. The lowest BCUT2D eigenvalue weighted by Crippen LogP contribution is -2.31. The zero-order chi connectivity index (χ0) is 24.0. The molecule has 1 amide bonds. The Bertz CT molecular complexity index is 1230. The normalized spacial score (nSPS) is 11.0. The number of carbonyl (C=O) groups is 1. The Morgan fingerprint density at radius 2 is 1.76 bits per heavy atom. The minimum absolute atomic E-state index is 0.0120. The van der Waals surface area contributed by atoms with E-state index >= 15 is 0 Å². The summed E-state index contributed by atoms with van der Waals surface area (Å²) >= 11 is 6.16. The van der Waals surface area contributed by atoms with Crippen LogP contribution < -0.4 is 14.2 Å². The van der Waals surface area contributed by atoms with Gasteiger partial charge in [0.05, 0.1) is 18.7 Å². The summed E-state index contributed by atoms with van der Waals surface area (Å²) in [6.07, 6.45) is 0. The molecular formula is C24H25ClN2O5S. The van der Waals surface area contributed by atoms with E-state index in [2.05, 4.69) is 4.72 Å². The van der Waals surface area contributed by atoms with Gasteiger partial charge in [0.1, 0.15) is 23.0 Å². The maximum absolute atomic E-state index is 12.9. The molecule has 0 saturated heterocycles. The fourth-order valence-electron chi connectivity index (χ4n) is 3.04. The first-order valence-electron chi connectivity index (χ1n) is 10.1. The third-order valence-electron chi connectivity index (χ3n) is 4.84. The lowest BCUT2D eigenvalue weighted by molar-refractivity contribution is 0.0773. The zero-order valence-electron chi connectivity index (χ0n) is 18.5. The van der Waals surface area contributed by atoms with Gasteiger partial charge in [0, 0.05) is 18.3 Å². The van der Waals surface area contributed by atoms with E-state index in [0.717, 1.165) is 11.3 Å². The summed E-state index contributed by atoms with van der Waals surface area (Å²) in [5.41, 5.74) is 1.62. The van der Waals surface area contributed by atoms with E-state index in [-0.39, 0.29) is 21.4 Å². The minimum Gasteiger partial charge on any atom is -0.497 e. The number of likely N-dealkylation sites (N-methyl/N-ethyl adjacent to an activating group) is 1. The Morgan fingerprint density at radius 3 is 2.42 bits per heavy atom. The molecule has 0 bridgehead atoms. The van der Waals surface area contributed by atoms with Gasteiger partial charge in [-0.05, 0) is 67.1 Å². The van der Waals surface area contributed by atoms with Gasteiger partial charge in [-0.2, -0.15) is 0 Å². The van der Waals surface area contributed by atoms with Crippen molar-refractivity contribution in [1.29, 1.82) is 0 Å². The number of anilines is 1. The molecule has 0 heterocycles. The van der Waals surface area contributed by atoms with E-state index in [0.29, 0.717) is 24.6 Å². The Balaban J connectivity index is 1.70. The van der Waals surface area contributed by atoms with Crippen LogP contribution in [0.5, 0.6) is 11.5 Å². The smallest absolute Gasteiger partial charge is 0.263 e. The third-order valence-corrected chi connectivity index (χ3v) is 6.70. The predicted molar refractivity (Wildman–Crippen MR) is 129 cm³/mol. The Labute approximate surface area is 198 Å². The van der Waals surface area contributed by atoms with Crippen molar-refractivity contribution in [3.63, 3.8) is 0 Å². The van der Waals surface area contributed by atoms with E-state index in [1.165, 1.54) is 30.2 Å². The van der Waals surface area contributed by atoms with Gasteiger partial charge in [-0.25, -0.2) is 8.42 Å². The van der Waals surface area contributed by atoms with Crippen LogP contribution in [0.25, 0.3) is 0 Å². The molecule has 0 aromatic heterocycles. The van der Waals surface area contributed by atoms with Crippen molar-refractivity contribution < 1.29 is 22.7 Å². The van der Waals surface area contributed by atoms with Crippen LogP contribution in [0.2, 0.25) is 5.02 Å². The summed E-state index contributed by atoms with van der Waals surface area (Å²) in [7, 11) is -0.874. The summed E-state index contributed by atoms with van der Waals surface area (Å²) in [5, 5.41) is 0.0120. The van der Waals surface area contributed by atoms with Crippen molar-refractivity contribution in [3.8, 4) is 11.5 Å². The molecule has 3 rings (SSSR count). The number of nitrogens with zero attached hydrogens (tertiary/aromatic N) is 1. The van der Waals surface area contributed by atoms with Crippen LogP contribution >= 0.6 is 11.6 Å². The van der Waals surface area contributed by atoms with Gasteiger partial charge < -0.3 is 14.4 Å². The van der Waals surface area contributed by atoms with Gasteiger partial charge in [0.2, 0.25) is 0 Å². The number of sulfonamides is 1. The van der Waals surface area contributed by atoms with Gasteiger partial charge in [0.15, 0.2) is 0 Å². The van der Waals surface area contributed by atoms with E-state index in [1.54, 1.807) is 31.3 Å². The van der Waals surface area contributed by atoms with Crippen LogP contribution in [-0.4, -0.2) is 46.5 Å². The molecule has 3 aromatic rings. The highest BCUT2D eigenvalue weighted by Gasteiger charge is 2.22. The predicted octanol–water partition coefficient (Wildman–Crippen LogP) is 4.61. The molecule has 3 aromatic carbocycles. The van der Waals surface area contributed by atoms with Gasteiger partial charge in [-0.15, -0.1) is 0 Å². The maximum atomic E-state index is 12.9. The largest absolute Gasteiger partial charge is 0.497 e. The molecule has 0 unspecified atom stereocenters. The lowest BCUT2D eigenvalue weighted by Gasteiger charge is -2.18. The molecule has 174 valence electrons. The summed E-state index contributed by atoms with van der Waals surface area (Å²) in [4.78, 5) is 14.1. The molecule has 0 radical (unpaired) electrons. The van der Waals surface area contributed by atoms with Crippen molar-refractivity contribution in [3.05, 3.63) is 82.9 Å². The number of carbonyl (C=O) groups excluding carboxylic acids is 1. The first-order chi connectivity index (χ1) is 15.7. The third kappa shape index (κ3) is 6.40. The lowest BCUT2D eigenvalue weighted by atomic mass is 10.2. The molecule has 0 fully saturated rings. The minimum atomic E-state index is -4.02. The average Bonchev–Trinajstić information content (AvgIpc) is 2.79. The summed E-state index contributed by atoms with van der Waals surface area (Å²) in [6.45, 7) is 2.59. The average molecular weight is 489 g/mol. The number of hydrogen-bond donors (Lipinski definition) is 1. The number of rotatable bonds is 9. The van der Waals surface area contributed by atoms with Crippen molar-refractivity contribution in [2.24, 2.45) is 0 Å². The second kappa shape index (κ2) is 10.6. The fourth-order valence-corrected chi connectivity index (χ4v) is 4.62. The highest BCUT2D eigenvalue weighted by Crippen LogP contribution is 2.26. The number of amides is 1. The monoisotopic (exact) mass is 488 g/mol. The number of methoxy groups -OCH3 is 1. The van der Waals surface area contributed by atoms with Crippen LogP contribution in [0, 0.1) is 6.92 Å². The molecule has 0 atom stereocenters. The van der Waals surface area contributed by atoms with Crippen molar-refractivity contribution >= 4 is 33.2 Å². The Hall–Kier alpha value is -3.23. The van der Waals surface area contributed by atoms with Crippen LogP contribution in [0.15, 0.2) is 71.6 Å². The van der Waals surface area contributed by atoms with Crippen LogP contribution in [0.3, 0.4) is 0 Å². The van der Waals surface area contributed by atoms with E-state index in [1.807, 2.05) is 31.2 Å². The van der Waals surface area contributed by atoms with E-state index < -0.39 is 10.0 Å². The number of halogens is 1. The standard InChI is InChI=1S/C24H25ClN2O5S/c1-17-5-4-6-21(15-17)32-14-13-27(2)24(28)18-7-12-22(25)23(16-18)33(29,30)26-19-8-10-20(31-3)11-9-19/h4-12,15-16,26H,13-14H2,1-3H3. The van der Waals surface area contributed by atoms with Gasteiger partial charge >= 0.3 is 0 Å². The molecule has 9 heteroatoms.